The van der Waals surface area contributed by atoms with E-state index in [9.17, 15) is 19.1 Å². The molecule has 2 aliphatic rings. The van der Waals surface area contributed by atoms with Crippen LogP contribution in [0.4, 0.5) is 9.18 Å². The van der Waals surface area contributed by atoms with Gasteiger partial charge in [-0.15, -0.1) is 0 Å². The largest absolute Gasteiger partial charge is 0.548 e. The zero-order valence-corrected chi connectivity index (χ0v) is 19.6. The first kappa shape index (κ1) is 23.4. The molecule has 2 aromatic rings. The molecule has 2 heterocycles. The molecule has 0 N–H and O–H groups in total. The van der Waals surface area contributed by atoms with Gasteiger partial charge >= 0.3 is 6.09 Å². The molecular formula is C24H26ClFN3O4-. The number of rotatable bonds is 2. The van der Waals surface area contributed by atoms with Gasteiger partial charge in [0.15, 0.2) is 0 Å². The average molecular weight is 475 g/mol. The van der Waals surface area contributed by atoms with Crippen LogP contribution in [0.25, 0.3) is 0 Å². The van der Waals surface area contributed by atoms with Crippen molar-refractivity contribution in [2.24, 2.45) is 0 Å². The van der Waals surface area contributed by atoms with Gasteiger partial charge in [0.1, 0.15) is 11.4 Å². The van der Waals surface area contributed by atoms with E-state index in [0.717, 1.165) is 16.7 Å². The highest BCUT2D eigenvalue weighted by Crippen LogP contribution is 2.38. The summed E-state index contributed by atoms with van der Waals surface area (Å²) >= 11 is 6.24. The predicted molar refractivity (Wildman–Crippen MR) is 118 cm³/mol. The number of carbonyl (C=O) groups is 2. The molecule has 1 aliphatic heterocycles. The Hall–Kier alpha value is -2.71. The second-order valence-electron chi connectivity index (χ2n) is 9.45. The fourth-order valence-corrected chi connectivity index (χ4v) is 4.76. The fraction of sp³-hybridized carbons (Fsp3) is 0.458. The van der Waals surface area contributed by atoms with Crippen LogP contribution in [0.15, 0.2) is 30.5 Å². The van der Waals surface area contributed by atoms with Gasteiger partial charge in [-0.25, -0.2) is 9.18 Å². The van der Waals surface area contributed by atoms with Crippen LogP contribution in [0.2, 0.25) is 5.02 Å². The maximum absolute atomic E-state index is 14.0. The zero-order chi connectivity index (χ0) is 23.9. The lowest BCUT2D eigenvalue weighted by Crippen LogP contribution is -2.62. The highest BCUT2D eigenvalue weighted by molar-refractivity contribution is 6.30. The second kappa shape index (κ2) is 8.91. The number of hydrogen-bond donors (Lipinski definition) is 0. The van der Waals surface area contributed by atoms with Crippen LogP contribution in [-0.2, 0) is 22.4 Å². The Morgan fingerprint density at radius 3 is 2.61 bits per heavy atom. The summed E-state index contributed by atoms with van der Waals surface area (Å²) in [6.07, 6.45) is 1.74. The van der Waals surface area contributed by atoms with Crippen LogP contribution in [0.1, 0.15) is 49.2 Å². The van der Waals surface area contributed by atoms with E-state index in [-0.39, 0.29) is 13.1 Å². The number of carboxylic acid groups (broad SMARTS) is 1. The molecule has 1 aliphatic carbocycles. The lowest BCUT2D eigenvalue weighted by atomic mass is 9.95. The number of benzene rings is 1. The minimum atomic E-state index is -1.36. The number of pyridine rings is 1. The number of aryl methyl sites for hydroxylation is 2. The third-order valence-corrected chi connectivity index (χ3v) is 6.20. The number of nitrogens with zero attached hydrogens (tertiary/aromatic N) is 3. The highest BCUT2D eigenvalue weighted by atomic mass is 35.5. The third kappa shape index (κ3) is 4.96. The van der Waals surface area contributed by atoms with Gasteiger partial charge in [-0.1, -0.05) is 17.7 Å². The number of aromatic nitrogens is 1. The molecule has 0 bridgehead atoms. The van der Waals surface area contributed by atoms with Crippen LogP contribution in [0, 0.1) is 5.82 Å². The Kier molecular flexibility index (Phi) is 6.33. The Labute approximate surface area is 197 Å². The van der Waals surface area contributed by atoms with Crippen molar-refractivity contribution in [3.8, 4) is 0 Å². The average Bonchev–Trinajstić information content (AvgIpc) is 2.88. The molecule has 1 saturated heterocycles. The van der Waals surface area contributed by atoms with E-state index >= 15 is 0 Å². The number of piperazine rings is 1. The SMILES string of the molecule is CC(C)(C)OC(=O)N1CCN(C2c3ccc(Cl)cc3CCc3cc(F)cnc32)C[C@@H]1C(=O)[O-]. The Bertz CT molecular complexity index is 1030. The summed E-state index contributed by atoms with van der Waals surface area (Å²) in [4.78, 5) is 32.3. The molecule has 1 aromatic carbocycles. The summed E-state index contributed by atoms with van der Waals surface area (Å²) in [7, 11) is 0. The van der Waals surface area contributed by atoms with Crippen molar-refractivity contribution in [2.45, 2.75) is 51.3 Å². The van der Waals surface area contributed by atoms with Gasteiger partial charge in [0.2, 0.25) is 0 Å². The number of ether oxygens (including phenoxy) is 1. The zero-order valence-electron chi connectivity index (χ0n) is 18.8. The lowest BCUT2D eigenvalue weighted by molar-refractivity contribution is -0.312. The van der Waals surface area contributed by atoms with Crippen molar-refractivity contribution >= 4 is 23.7 Å². The Morgan fingerprint density at radius 1 is 1.18 bits per heavy atom. The molecule has 0 spiro atoms. The Balaban J connectivity index is 1.71. The maximum Gasteiger partial charge on any atom is 0.410 e. The molecule has 0 radical (unpaired) electrons. The molecule has 1 amide bonds. The lowest BCUT2D eigenvalue weighted by Gasteiger charge is -2.45. The van der Waals surface area contributed by atoms with Crippen molar-refractivity contribution in [3.63, 3.8) is 0 Å². The van der Waals surface area contributed by atoms with Crippen LogP contribution >= 0.6 is 11.6 Å². The standard InChI is InChI=1S/C24H27ClFN3O4/c1-24(2,3)33-23(32)29-9-8-28(13-19(29)22(30)31)21-18-7-6-16(25)10-14(18)4-5-15-11-17(26)12-27-20(15)21/h6-7,10-12,19,21H,4-5,8-9,13H2,1-3H3,(H,30,31)/p-1/t19-,21?/m1/s1. The molecule has 33 heavy (non-hydrogen) atoms. The van der Waals surface area contributed by atoms with E-state index in [0.29, 0.717) is 30.1 Å². The van der Waals surface area contributed by atoms with E-state index in [4.69, 9.17) is 16.3 Å². The van der Waals surface area contributed by atoms with E-state index in [1.54, 1.807) is 26.8 Å². The fourth-order valence-electron chi connectivity index (χ4n) is 4.56. The Morgan fingerprint density at radius 2 is 1.91 bits per heavy atom. The number of fused-ring (bicyclic) bond motifs is 2. The first-order chi connectivity index (χ1) is 15.5. The van der Waals surface area contributed by atoms with Gasteiger partial charge in [0.05, 0.1) is 29.9 Å². The molecule has 1 unspecified atom stereocenters. The highest BCUT2D eigenvalue weighted by Gasteiger charge is 2.39. The molecule has 7 nitrogen and oxygen atoms in total. The summed E-state index contributed by atoms with van der Waals surface area (Å²) in [5.74, 6) is -1.78. The molecule has 176 valence electrons. The summed E-state index contributed by atoms with van der Waals surface area (Å²) < 4.78 is 19.4. The number of halogens is 2. The first-order valence-corrected chi connectivity index (χ1v) is 11.3. The molecule has 2 atom stereocenters. The molecule has 4 rings (SSSR count). The topological polar surface area (TPSA) is 85.8 Å². The van der Waals surface area contributed by atoms with Crippen LogP contribution in [-0.4, -0.2) is 58.1 Å². The van der Waals surface area contributed by atoms with Gasteiger partial charge in [0, 0.05) is 24.7 Å². The number of amides is 1. The predicted octanol–water partition coefficient (Wildman–Crippen LogP) is 2.73. The molecule has 9 heteroatoms. The van der Waals surface area contributed by atoms with Gasteiger partial charge in [0.25, 0.3) is 0 Å². The van der Waals surface area contributed by atoms with E-state index in [1.807, 2.05) is 17.0 Å². The second-order valence-corrected chi connectivity index (χ2v) is 9.88. The molecule has 1 aromatic heterocycles. The monoisotopic (exact) mass is 474 g/mol. The van der Waals surface area contributed by atoms with Crippen molar-refractivity contribution < 1.29 is 23.8 Å². The molecule has 0 saturated carbocycles. The number of aliphatic carboxylic acids is 1. The van der Waals surface area contributed by atoms with Gasteiger partial charge in [-0.2, -0.15) is 0 Å². The van der Waals surface area contributed by atoms with E-state index in [2.05, 4.69) is 4.98 Å². The van der Waals surface area contributed by atoms with Gasteiger partial charge < -0.3 is 14.6 Å². The number of hydrogen-bond acceptors (Lipinski definition) is 6. The van der Waals surface area contributed by atoms with Crippen molar-refractivity contribution in [2.75, 3.05) is 19.6 Å². The number of carbonyl (C=O) groups excluding carboxylic acids is 2. The smallest absolute Gasteiger partial charge is 0.410 e. The maximum atomic E-state index is 14.0. The van der Waals surface area contributed by atoms with E-state index in [1.165, 1.54) is 17.2 Å². The van der Waals surface area contributed by atoms with E-state index < -0.39 is 35.6 Å². The summed E-state index contributed by atoms with van der Waals surface area (Å²) in [5, 5.41) is 12.6. The van der Waals surface area contributed by atoms with Crippen LogP contribution in [0.3, 0.4) is 0 Å². The van der Waals surface area contributed by atoms with Crippen molar-refractivity contribution in [3.05, 3.63) is 63.7 Å². The summed E-state index contributed by atoms with van der Waals surface area (Å²) in [6, 6.07) is 5.47. The van der Waals surface area contributed by atoms with Gasteiger partial charge in [-0.3, -0.25) is 14.8 Å². The quantitative estimate of drug-likeness (QED) is 0.665. The van der Waals surface area contributed by atoms with Crippen molar-refractivity contribution in [1.82, 2.24) is 14.8 Å². The van der Waals surface area contributed by atoms with Gasteiger partial charge in [-0.05, 0) is 68.5 Å². The summed E-state index contributed by atoms with van der Waals surface area (Å²) in [5.41, 5.74) is 2.65. The molecular weight excluding hydrogens is 449 g/mol. The van der Waals surface area contributed by atoms with Crippen molar-refractivity contribution in [1.29, 1.82) is 0 Å². The first-order valence-electron chi connectivity index (χ1n) is 10.9. The molecule has 1 fully saturated rings. The third-order valence-electron chi connectivity index (χ3n) is 5.97. The minimum Gasteiger partial charge on any atom is -0.548 e. The number of carboxylic acids is 1. The normalized spacial score (nSPS) is 21.1. The minimum absolute atomic E-state index is 0.0206. The summed E-state index contributed by atoms with van der Waals surface area (Å²) in [6.45, 7) is 5.73. The van der Waals surface area contributed by atoms with Crippen LogP contribution in [0.5, 0.6) is 0 Å². The van der Waals surface area contributed by atoms with Crippen LogP contribution < -0.4 is 5.11 Å².